The minimum Gasteiger partial charge on any atom is -0.465 e. The molecular formula is C13H16N2O3S. The van der Waals surface area contributed by atoms with Gasteiger partial charge in [0.1, 0.15) is 16.4 Å². The predicted octanol–water partition coefficient (Wildman–Crippen LogP) is 2.78. The van der Waals surface area contributed by atoms with E-state index in [1.165, 1.54) is 18.4 Å². The van der Waals surface area contributed by atoms with Crippen molar-refractivity contribution in [3.8, 4) is 0 Å². The second-order valence-electron chi connectivity index (χ2n) is 4.27. The number of carbonyl (C=O) groups is 1. The van der Waals surface area contributed by atoms with Crippen LogP contribution in [0.1, 0.15) is 26.9 Å². The number of aromatic nitrogens is 1. The highest BCUT2D eigenvalue weighted by atomic mass is 32.1. The summed E-state index contributed by atoms with van der Waals surface area (Å²) in [4.78, 5) is 18.4. The van der Waals surface area contributed by atoms with Crippen LogP contribution in [0.5, 0.6) is 0 Å². The maximum absolute atomic E-state index is 11.5. The number of hydrogen-bond donors (Lipinski definition) is 0. The van der Waals surface area contributed by atoms with Crippen molar-refractivity contribution in [2.45, 2.75) is 20.4 Å². The van der Waals surface area contributed by atoms with Crippen molar-refractivity contribution in [2.24, 2.45) is 0 Å². The Hall–Kier alpha value is -1.82. The number of esters is 1. The molecule has 0 saturated carbocycles. The standard InChI is InChI=1S/C13H16N2O3S/c1-8-5-6-10(18-8)7-15(3)13-14-9(2)11(19-13)12(16)17-4/h5-6H,7H2,1-4H3. The van der Waals surface area contributed by atoms with Crippen molar-refractivity contribution in [3.63, 3.8) is 0 Å². The van der Waals surface area contributed by atoms with Crippen LogP contribution in [0, 0.1) is 13.8 Å². The van der Waals surface area contributed by atoms with Crippen molar-refractivity contribution in [3.05, 3.63) is 34.2 Å². The Bertz CT molecular complexity index is 588. The molecule has 0 aliphatic carbocycles. The number of hydrogen-bond acceptors (Lipinski definition) is 6. The van der Waals surface area contributed by atoms with Gasteiger partial charge in [-0.05, 0) is 26.0 Å². The highest BCUT2D eigenvalue weighted by Crippen LogP contribution is 2.27. The van der Waals surface area contributed by atoms with Crippen molar-refractivity contribution in [1.82, 2.24) is 4.98 Å². The summed E-state index contributed by atoms with van der Waals surface area (Å²) in [5, 5.41) is 0.770. The zero-order valence-corrected chi connectivity index (χ0v) is 12.2. The number of aryl methyl sites for hydroxylation is 2. The van der Waals surface area contributed by atoms with Crippen LogP contribution in [-0.4, -0.2) is 25.1 Å². The highest BCUT2D eigenvalue weighted by molar-refractivity contribution is 7.17. The number of ether oxygens (including phenoxy) is 1. The van der Waals surface area contributed by atoms with E-state index in [4.69, 9.17) is 9.15 Å². The summed E-state index contributed by atoms with van der Waals surface area (Å²) >= 11 is 1.32. The van der Waals surface area contributed by atoms with Gasteiger partial charge in [0, 0.05) is 7.05 Å². The smallest absolute Gasteiger partial charge is 0.350 e. The Morgan fingerprint density at radius 2 is 2.21 bits per heavy atom. The summed E-state index contributed by atoms with van der Waals surface area (Å²) < 4.78 is 10.3. The van der Waals surface area contributed by atoms with Gasteiger partial charge in [-0.1, -0.05) is 11.3 Å². The number of anilines is 1. The van der Waals surface area contributed by atoms with Gasteiger partial charge in [-0.3, -0.25) is 0 Å². The van der Waals surface area contributed by atoms with Gasteiger partial charge in [-0.2, -0.15) is 0 Å². The van der Waals surface area contributed by atoms with Gasteiger partial charge in [0.15, 0.2) is 5.13 Å². The number of carbonyl (C=O) groups excluding carboxylic acids is 1. The molecule has 2 aromatic rings. The summed E-state index contributed by atoms with van der Waals surface area (Å²) in [6.07, 6.45) is 0. The molecule has 19 heavy (non-hydrogen) atoms. The van der Waals surface area contributed by atoms with Gasteiger partial charge >= 0.3 is 5.97 Å². The van der Waals surface area contributed by atoms with Crippen LogP contribution in [-0.2, 0) is 11.3 Å². The van der Waals surface area contributed by atoms with Crippen molar-refractivity contribution in [2.75, 3.05) is 19.1 Å². The third-order valence-corrected chi connectivity index (χ3v) is 3.92. The molecule has 0 aromatic carbocycles. The zero-order chi connectivity index (χ0) is 14.0. The topological polar surface area (TPSA) is 55.6 Å². The Labute approximate surface area is 115 Å². The van der Waals surface area contributed by atoms with Crippen LogP contribution in [0.15, 0.2) is 16.5 Å². The Kier molecular flexibility index (Phi) is 3.90. The summed E-state index contributed by atoms with van der Waals surface area (Å²) in [6, 6.07) is 3.86. The van der Waals surface area contributed by atoms with Gasteiger partial charge in [-0.25, -0.2) is 9.78 Å². The molecule has 0 aliphatic heterocycles. The lowest BCUT2D eigenvalue weighted by Crippen LogP contribution is -2.15. The third kappa shape index (κ3) is 2.96. The normalized spacial score (nSPS) is 10.5. The first-order valence-corrected chi connectivity index (χ1v) is 6.65. The first-order valence-electron chi connectivity index (χ1n) is 5.83. The fourth-order valence-corrected chi connectivity index (χ4v) is 2.64. The molecule has 0 bridgehead atoms. The predicted molar refractivity (Wildman–Crippen MR) is 73.7 cm³/mol. The third-order valence-electron chi connectivity index (χ3n) is 2.67. The lowest BCUT2D eigenvalue weighted by atomic mass is 10.4. The van der Waals surface area contributed by atoms with E-state index >= 15 is 0 Å². The average molecular weight is 280 g/mol. The monoisotopic (exact) mass is 280 g/mol. The van der Waals surface area contributed by atoms with Crippen LogP contribution in [0.25, 0.3) is 0 Å². The molecule has 0 aliphatic rings. The molecule has 0 atom stereocenters. The number of furan rings is 1. The lowest BCUT2D eigenvalue weighted by molar-refractivity contribution is 0.0605. The van der Waals surface area contributed by atoms with E-state index in [1.807, 2.05) is 31.0 Å². The molecule has 2 heterocycles. The van der Waals surface area contributed by atoms with E-state index in [1.54, 1.807) is 6.92 Å². The van der Waals surface area contributed by atoms with Crippen LogP contribution in [0.4, 0.5) is 5.13 Å². The van der Waals surface area contributed by atoms with Crippen LogP contribution >= 0.6 is 11.3 Å². The molecule has 0 N–H and O–H groups in total. The van der Waals surface area contributed by atoms with Crippen LogP contribution in [0.3, 0.4) is 0 Å². The average Bonchev–Trinajstić information content (AvgIpc) is 2.95. The van der Waals surface area contributed by atoms with E-state index in [0.29, 0.717) is 17.1 Å². The summed E-state index contributed by atoms with van der Waals surface area (Å²) in [5.74, 6) is 1.41. The van der Waals surface area contributed by atoms with Crippen molar-refractivity contribution < 1.29 is 13.9 Å². The minimum absolute atomic E-state index is 0.344. The molecule has 0 spiro atoms. The molecule has 0 radical (unpaired) electrons. The second-order valence-corrected chi connectivity index (χ2v) is 5.25. The summed E-state index contributed by atoms with van der Waals surface area (Å²) in [5.41, 5.74) is 0.689. The minimum atomic E-state index is -0.344. The maximum atomic E-state index is 11.5. The quantitative estimate of drug-likeness (QED) is 0.806. The number of nitrogens with zero attached hydrogens (tertiary/aromatic N) is 2. The molecule has 6 heteroatoms. The maximum Gasteiger partial charge on any atom is 0.350 e. The zero-order valence-electron chi connectivity index (χ0n) is 11.4. The number of thiazole rings is 1. The van der Waals surface area contributed by atoms with Gasteiger partial charge < -0.3 is 14.1 Å². The molecule has 0 unspecified atom stereocenters. The van der Waals surface area contributed by atoms with E-state index < -0.39 is 0 Å². The SMILES string of the molecule is COC(=O)c1sc(N(C)Cc2ccc(C)o2)nc1C. The fourth-order valence-electron chi connectivity index (χ4n) is 1.70. The number of methoxy groups -OCH3 is 1. The summed E-state index contributed by atoms with van der Waals surface area (Å²) in [7, 11) is 3.29. The Morgan fingerprint density at radius 3 is 2.79 bits per heavy atom. The van der Waals surface area contributed by atoms with Gasteiger partial charge in [0.25, 0.3) is 0 Å². The van der Waals surface area contributed by atoms with Gasteiger partial charge in [-0.15, -0.1) is 0 Å². The molecule has 2 rings (SSSR count). The van der Waals surface area contributed by atoms with Gasteiger partial charge in [0.2, 0.25) is 0 Å². The Balaban J connectivity index is 2.15. The van der Waals surface area contributed by atoms with Crippen molar-refractivity contribution >= 4 is 22.4 Å². The second kappa shape index (κ2) is 5.44. The molecule has 0 saturated heterocycles. The molecule has 5 nitrogen and oxygen atoms in total. The highest BCUT2D eigenvalue weighted by Gasteiger charge is 2.18. The molecular weight excluding hydrogens is 264 g/mol. The van der Waals surface area contributed by atoms with Gasteiger partial charge in [0.05, 0.1) is 19.3 Å². The molecule has 102 valence electrons. The first-order chi connectivity index (χ1) is 9.01. The summed E-state index contributed by atoms with van der Waals surface area (Å²) in [6.45, 7) is 4.32. The largest absolute Gasteiger partial charge is 0.465 e. The van der Waals surface area contributed by atoms with E-state index in [2.05, 4.69) is 4.98 Å². The molecule has 0 fully saturated rings. The van der Waals surface area contributed by atoms with E-state index in [0.717, 1.165) is 16.7 Å². The Morgan fingerprint density at radius 1 is 1.47 bits per heavy atom. The van der Waals surface area contributed by atoms with E-state index in [-0.39, 0.29) is 5.97 Å². The van der Waals surface area contributed by atoms with Crippen molar-refractivity contribution in [1.29, 1.82) is 0 Å². The van der Waals surface area contributed by atoms with Crippen LogP contribution in [0.2, 0.25) is 0 Å². The fraction of sp³-hybridized carbons (Fsp3) is 0.385. The molecule has 2 aromatic heterocycles. The first kappa shape index (κ1) is 13.6. The molecule has 0 amide bonds. The van der Waals surface area contributed by atoms with E-state index in [9.17, 15) is 4.79 Å². The lowest BCUT2D eigenvalue weighted by Gasteiger charge is -2.13. The van der Waals surface area contributed by atoms with Crippen LogP contribution < -0.4 is 4.90 Å². The number of rotatable bonds is 4.